The first kappa shape index (κ1) is 12.9. The second kappa shape index (κ2) is 5.62. The van der Waals surface area contributed by atoms with Crippen LogP contribution in [0.5, 0.6) is 0 Å². The van der Waals surface area contributed by atoms with E-state index >= 15 is 0 Å². The maximum Gasteiger partial charge on any atom is 0.308 e. The van der Waals surface area contributed by atoms with Crippen molar-refractivity contribution in [3.8, 4) is 0 Å². The molecule has 4 nitrogen and oxygen atoms in total. The van der Waals surface area contributed by atoms with E-state index in [-0.39, 0.29) is 18.4 Å². The molecule has 0 saturated carbocycles. The fourth-order valence-corrected chi connectivity index (χ4v) is 1.00. The van der Waals surface area contributed by atoms with Gasteiger partial charge in [0.2, 0.25) is 6.41 Å². The number of amides is 1. The van der Waals surface area contributed by atoms with Gasteiger partial charge in [0.25, 0.3) is 0 Å². The topological polar surface area (TPSA) is 55.4 Å². The molecule has 1 atom stereocenters. The minimum atomic E-state index is -0.462. The standard InChI is InChI=1S/C10H19NO3/c1-5-8(11-7-12)6-9(13)14-10(2,3)4/h7-8H,5-6H2,1-4H3,(H,11,12). The second-order valence-electron chi connectivity index (χ2n) is 4.18. The molecule has 0 radical (unpaired) electrons. The molecule has 0 bridgehead atoms. The molecule has 0 spiro atoms. The third-order valence-electron chi connectivity index (χ3n) is 1.63. The lowest BCUT2D eigenvalue weighted by atomic mass is 10.1. The highest BCUT2D eigenvalue weighted by atomic mass is 16.6. The molecule has 1 N–H and O–H groups in total. The van der Waals surface area contributed by atoms with Gasteiger partial charge in [0.15, 0.2) is 0 Å². The summed E-state index contributed by atoms with van der Waals surface area (Å²) >= 11 is 0. The minimum absolute atomic E-state index is 0.123. The lowest BCUT2D eigenvalue weighted by molar-refractivity contribution is -0.155. The van der Waals surface area contributed by atoms with Crippen molar-refractivity contribution in [3.05, 3.63) is 0 Å². The third-order valence-corrected chi connectivity index (χ3v) is 1.63. The smallest absolute Gasteiger partial charge is 0.308 e. The highest BCUT2D eigenvalue weighted by molar-refractivity contribution is 5.71. The van der Waals surface area contributed by atoms with Gasteiger partial charge in [-0.2, -0.15) is 0 Å². The molecule has 1 amide bonds. The Morgan fingerprint density at radius 1 is 1.50 bits per heavy atom. The summed E-state index contributed by atoms with van der Waals surface area (Å²) in [5.41, 5.74) is -0.462. The van der Waals surface area contributed by atoms with E-state index in [4.69, 9.17) is 4.74 Å². The quantitative estimate of drug-likeness (QED) is 0.538. The largest absolute Gasteiger partial charge is 0.460 e. The zero-order chi connectivity index (χ0) is 11.2. The highest BCUT2D eigenvalue weighted by Gasteiger charge is 2.19. The summed E-state index contributed by atoms with van der Waals surface area (Å²) in [6.45, 7) is 7.36. The molecule has 0 aliphatic heterocycles. The molecule has 0 heterocycles. The van der Waals surface area contributed by atoms with E-state index in [1.807, 2.05) is 27.7 Å². The van der Waals surface area contributed by atoms with Crippen LogP contribution < -0.4 is 5.32 Å². The van der Waals surface area contributed by atoms with E-state index in [1.165, 1.54) is 0 Å². The van der Waals surface area contributed by atoms with Gasteiger partial charge < -0.3 is 10.1 Å². The molecule has 4 heteroatoms. The lowest BCUT2D eigenvalue weighted by Crippen LogP contribution is -2.33. The second-order valence-corrected chi connectivity index (χ2v) is 4.18. The number of nitrogens with one attached hydrogen (secondary N) is 1. The number of hydrogen-bond donors (Lipinski definition) is 1. The molecule has 1 unspecified atom stereocenters. The van der Waals surface area contributed by atoms with Crippen LogP contribution in [0.2, 0.25) is 0 Å². The summed E-state index contributed by atoms with van der Waals surface area (Å²) in [6, 6.07) is -0.123. The van der Waals surface area contributed by atoms with E-state index in [0.29, 0.717) is 6.41 Å². The van der Waals surface area contributed by atoms with Crippen molar-refractivity contribution in [1.82, 2.24) is 5.32 Å². The number of rotatable bonds is 5. The van der Waals surface area contributed by atoms with Crippen molar-refractivity contribution in [2.75, 3.05) is 0 Å². The lowest BCUT2D eigenvalue weighted by Gasteiger charge is -2.21. The van der Waals surface area contributed by atoms with Crippen molar-refractivity contribution >= 4 is 12.4 Å². The molecule has 0 aromatic carbocycles. The van der Waals surface area contributed by atoms with Crippen LogP contribution in [-0.2, 0) is 14.3 Å². The van der Waals surface area contributed by atoms with E-state index in [0.717, 1.165) is 6.42 Å². The normalized spacial score (nSPS) is 13.1. The van der Waals surface area contributed by atoms with Crippen LogP contribution in [0.4, 0.5) is 0 Å². The zero-order valence-electron chi connectivity index (χ0n) is 9.29. The fraction of sp³-hybridized carbons (Fsp3) is 0.800. The van der Waals surface area contributed by atoms with Gasteiger partial charge in [0.05, 0.1) is 6.42 Å². The maximum absolute atomic E-state index is 11.3. The van der Waals surface area contributed by atoms with Gasteiger partial charge >= 0.3 is 5.97 Å². The van der Waals surface area contributed by atoms with Gasteiger partial charge in [0.1, 0.15) is 5.60 Å². The molecular weight excluding hydrogens is 182 g/mol. The van der Waals surface area contributed by atoms with Crippen LogP contribution in [-0.4, -0.2) is 24.0 Å². The van der Waals surface area contributed by atoms with Crippen molar-refractivity contribution in [2.24, 2.45) is 0 Å². The first-order chi connectivity index (χ1) is 6.39. The monoisotopic (exact) mass is 201 g/mol. The molecule has 0 rings (SSSR count). The maximum atomic E-state index is 11.3. The number of carbonyl (C=O) groups excluding carboxylic acids is 2. The van der Waals surface area contributed by atoms with E-state index in [1.54, 1.807) is 0 Å². The Kier molecular flexibility index (Phi) is 5.20. The predicted octanol–water partition coefficient (Wildman–Crippen LogP) is 1.24. The van der Waals surface area contributed by atoms with Gasteiger partial charge in [-0.05, 0) is 27.2 Å². The molecule has 0 aliphatic rings. The van der Waals surface area contributed by atoms with Crippen molar-refractivity contribution in [2.45, 2.75) is 52.2 Å². The number of hydrogen-bond acceptors (Lipinski definition) is 3. The number of esters is 1. The Balaban J connectivity index is 3.96. The Morgan fingerprint density at radius 3 is 2.43 bits per heavy atom. The summed E-state index contributed by atoms with van der Waals surface area (Å²) in [5, 5.41) is 2.57. The molecular formula is C10H19NO3. The molecule has 0 fully saturated rings. The summed E-state index contributed by atoms with van der Waals surface area (Å²) in [7, 11) is 0. The van der Waals surface area contributed by atoms with Crippen LogP contribution >= 0.6 is 0 Å². The molecule has 14 heavy (non-hydrogen) atoms. The first-order valence-electron chi connectivity index (χ1n) is 4.80. The van der Waals surface area contributed by atoms with Gasteiger partial charge in [0, 0.05) is 6.04 Å². The summed E-state index contributed by atoms with van der Waals surface area (Å²) < 4.78 is 5.12. The molecule has 0 saturated heterocycles. The van der Waals surface area contributed by atoms with E-state index in [2.05, 4.69) is 5.32 Å². The van der Waals surface area contributed by atoms with Crippen LogP contribution in [0, 0.1) is 0 Å². The van der Waals surface area contributed by atoms with E-state index in [9.17, 15) is 9.59 Å². The van der Waals surface area contributed by atoms with Gasteiger partial charge in [-0.3, -0.25) is 9.59 Å². The Bertz CT molecular complexity index is 196. The van der Waals surface area contributed by atoms with Crippen molar-refractivity contribution in [3.63, 3.8) is 0 Å². The molecule has 0 aliphatic carbocycles. The van der Waals surface area contributed by atoms with Crippen LogP contribution in [0.15, 0.2) is 0 Å². The molecule has 0 aromatic heterocycles. The fourth-order valence-electron chi connectivity index (χ4n) is 1.00. The number of carbonyl (C=O) groups is 2. The van der Waals surface area contributed by atoms with E-state index < -0.39 is 5.60 Å². The van der Waals surface area contributed by atoms with Crippen molar-refractivity contribution < 1.29 is 14.3 Å². The minimum Gasteiger partial charge on any atom is -0.460 e. The summed E-state index contributed by atoms with van der Waals surface area (Å²) in [4.78, 5) is 21.5. The SMILES string of the molecule is CCC(CC(=O)OC(C)(C)C)NC=O. The van der Waals surface area contributed by atoms with Gasteiger partial charge in [-0.1, -0.05) is 6.92 Å². The summed E-state index contributed by atoms with van der Waals surface area (Å²) in [6.07, 6.45) is 1.56. The highest BCUT2D eigenvalue weighted by Crippen LogP contribution is 2.09. The summed E-state index contributed by atoms with van der Waals surface area (Å²) in [5.74, 6) is -0.279. The predicted molar refractivity (Wildman–Crippen MR) is 53.7 cm³/mol. The molecule has 82 valence electrons. The third kappa shape index (κ3) is 6.46. The average molecular weight is 201 g/mol. The Morgan fingerprint density at radius 2 is 2.07 bits per heavy atom. The Hall–Kier alpha value is -1.06. The van der Waals surface area contributed by atoms with Crippen LogP contribution in [0.1, 0.15) is 40.5 Å². The average Bonchev–Trinajstić information content (AvgIpc) is 2.00. The van der Waals surface area contributed by atoms with Crippen molar-refractivity contribution in [1.29, 1.82) is 0 Å². The van der Waals surface area contributed by atoms with Crippen LogP contribution in [0.25, 0.3) is 0 Å². The Labute approximate surface area is 85.0 Å². The van der Waals surface area contributed by atoms with Gasteiger partial charge in [-0.15, -0.1) is 0 Å². The van der Waals surface area contributed by atoms with Gasteiger partial charge in [-0.25, -0.2) is 0 Å². The molecule has 0 aromatic rings. The zero-order valence-corrected chi connectivity index (χ0v) is 9.29. The van der Waals surface area contributed by atoms with Crippen LogP contribution in [0.3, 0.4) is 0 Å². The first-order valence-corrected chi connectivity index (χ1v) is 4.80. The number of ether oxygens (including phenoxy) is 1.